The van der Waals surface area contributed by atoms with Crippen molar-refractivity contribution >= 4 is 46.8 Å². The van der Waals surface area contributed by atoms with E-state index in [0.717, 1.165) is 22.3 Å². The lowest BCUT2D eigenvalue weighted by atomic mass is 9.94. The Bertz CT molecular complexity index is 1900. The normalized spacial score (nSPS) is 16.9. The number of hydrogen-bond donors (Lipinski definition) is 6. The maximum absolute atomic E-state index is 13.2. The van der Waals surface area contributed by atoms with Crippen LogP contribution < -0.4 is 21.3 Å². The van der Waals surface area contributed by atoms with Gasteiger partial charge in [-0.05, 0) is 85.3 Å². The Balaban J connectivity index is 1.14. The van der Waals surface area contributed by atoms with E-state index >= 15 is 0 Å². The minimum Gasteiger partial charge on any atom is -0.480 e. The van der Waals surface area contributed by atoms with Crippen LogP contribution in [0.5, 0.6) is 0 Å². The lowest BCUT2D eigenvalue weighted by Crippen LogP contribution is -2.44. The Morgan fingerprint density at radius 2 is 1.06 bits per heavy atom. The van der Waals surface area contributed by atoms with Crippen molar-refractivity contribution in [3.63, 3.8) is 0 Å². The number of benzene rings is 2. The first-order valence-corrected chi connectivity index (χ1v) is 15.9. The van der Waals surface area contributed by atoms with Crippen molar-refractivity contribution in [3.8, 4) is 11.1 Å². The van der Waals surface area contributed by atoms with E-state index in [1.54, 1.807) is 36.4 Å². The molecular formula is C36H34N8O6. The molecule has 50 heavy (non-hydrogen) atoms. The van der Waals surface area contributed by atoms with E-state index in [-0.39, 0.29) is 11.4 Å². The predicted molar refractivity (Wildman–Crippen MR) is 187 cm³/mol. The van der Waals surface area contributed by atoms with E-state index in [2.05, 4.69) is 41.2 Å². The van der Waals surface area contributed by atoms with E-state index in [4.69, 9.17) is 0 Å². The molecule has 4 aromatic rings. The number of hydrogen-bond acceptors (Lipinski definition) is 10. The Kier molecular flexibility index (Phi) is 9.61. The number of carboxylic acid groups (broad SMARTS) is 2. The molecular weight excluding hydrogens is 640 g/mol. The Morgan fingerprint density at radius 3 is 1.42 bits per heavy atom. The zero-order chi connectivity index (χ0) is 35.4. The zero-order valence-corrected chi connectivity index (χ0v) is 27.2. The first kappa shape index (κ1) is 33.5. The minimum absolute atomic E-state index is 0.180. The van der Waals surface area contributed by atoms with E-state index in [1.807, 2.05) is 38.1 Å². The van der Waals surface area contributed by atoms with Crippen molar-refractivity contribution in [2.45, 2.75) is 38.8 Å². The SMILES string of the molecule is Cc1c(NC(=O)c2ccc(C3=NCCC(C(=O)O)N3)cn2)cccc1-c1cccc(NC(=O)c2ccc(C3=NCCC(C(=O)O)N3)cn2)c1C. The number of aromatic nitrogens is 2. The highest BCUT2D eigenvalue weighted by atomic mass is 16.4. The standard InChI is InChI=1S/C36H34N8O6/c1-19-23(5-3-7-25(19)43-33(45)27-11-9-21(17-39-27)31-37-15-13-29(41-31)35(47)48)24-6-4-8-26(20(24)2)44-34(46)28-12-10-22(18-40-28)32-38-16-14-30(42-32)36(49)50/h3-12,17-18,29-30H,13-16H2,1-2H3,(H,37,41)(H,38,42)(H,43,45)(H,44,46)(H,47,48)(H,49,50). The van der Waals surface area contributed by atoms with Gasteiger partial charge in [0.05, 0.1) is 0 Å². The number of nitrogens with one attached hydrogen (secondary N) is 4. The fraction of sp³-hybridized carbons (Fsp3) is 0.222. The third-order valence-electron chi connectivity index (χ3n) is 8.59. The third kappa shape index (κ3) is 7.18. The molecule has 6 rings (SSSR count). The smallest absolute Gasteiger partial charge is 0.326 e. The van der Waals surface area contributed by atoms with E-state index in [9.17, 15) is 29.4 Å². The molecule has 14 heteroatoms. The highest BCUT2D eigenvalue weighted by Gasteiger charge is 2.24. The summed E-state index contributed by atoms with van der Waals surface area (Å²) < 4.78 is 0. The molecule has 2 unspecified atom stereocenters. The highest BCUT2D eigenvalue weighted by molar-refractivity contribution is 6.07. The van der Waals surface area contributed by atoms with Crippen molar-refractivity contribution in [3.05, 3.63) is 107 Å². The van der Waals surface area contributed by atoms with Gasteiger partial charge in [-0.15, -0.1) is 0 Å². The van der Waals surface area contributed by atoms with Crippen LogP contribution in [-0.2, 0) is 9.59 Å². The molecule has 0 spiro atoms. The topological polar surface area (TPSA) is 207 Å². The van der Waals surface area contributed by atoms with Gasteiger partial charge in [-0.25, -0.2) is 9.59 Å². The van der Waals surface area contributed by atoms with Crippen LogP contribution in [0.3, 0.4) is 0 Å². The van der Waals surface area contributed by atoms with Crippen LogP contribution in [0.4, 0.5) is 11.4 Å². The molecule has 6 N–H and O–H groups in total. The molecule has 254 valence electrons. The van der Waals surface area contributed by atoms with Crippen LogP contribution in [0.1, 0.15) is 56.1 Å². The summed E-state index contributed by atoms with van der Waals surface area (Å²) in [6.07, 6.45) is 3.76. The summed E-state index contributed by atoms with van der Waals surface area (Å²) in [6.45, 7) is 4.55. The largest absolute Gasteiger partial charge is 0.480 e. The summed E-state index contributed by atoms with van der Waals surface area (Å²) in [6, 6.07) is 16.1. The summed E-state index contributed by atoms with van der Waals surface area (Å²) in [7, 11) is 0. The summed E-state index contributed by atoms with van der Waals surface area (Å²) in [5, 5.41) is 30.3. The number of rotatable bonds is 9. The average molecular weight is 675 g/mol. The molecule has 0 bridgehead atoms. The molecule has 0 radical (unpaired) electrons. The van der Waals surface area contributed by atoms with E-state index < -0.39 is 35.8 Å². The molecule has 2 aromatic heterocycles. The molecule has 0 aliphatic carbocycles. The van der Waals surface area contributed by atoms with E-state index in [0.29, 0.717) is 60.1 Å². The van der Waals surface area contributed by atoms with Crippen LogP contribution in [0, 0.1) is 13.8 Å². The fourth-order valence-corrected chi connectivity index (χ4v) is 5.73. The number of aliphatic imine (C=N–C) groups is 2. The molecule has 4 heterocycles. The lowest BCUT2D eigenvalue weighted by molar-refractivity contribution is -0.140. The van der Waals surface area contributed by atoms with Gasteiger partial charge in [0.15, 0.2) is 0 Å². The van der Waals surface area contributed by atoms with Gasteiger partial charge in [-0.1, -0.05) is 24.3 Å². The number of pyridine rings is 2. The molecule has 2 aliphatic heterocycles. The van der Waals surface area contributed by atoms with Crippen LogP contribution in [0.15, 0.2) is 83.0 Å². The third-order valence-corrected chi connectivity index (χ3v) is 8.59. The summed E-state index contributed by atoms with van der Waals surface area (Å²) in [5.41, 5.74) is 6.05. The number of carbonyl (C=O) groups is 4. The Morgan fingerprint density at radius 1 is 0.640 bits per heavy atom. The second-order valence-corrected chi connectivity index (χ2v) is 11.8. The van der Waals surface area contributed by atoms with Crippen molar-refractivity contribution in [2.75, 3.05) is 23.7 Å². The number of amides is 2. The predicted octanol–water partition coefficient (Wildman–Crippen LogP) is 3.65. The fourth-order valence-electron chi connectivity index (χ4n) is 5.73. The molecule has 14 nitrogen and oxygen atoms in total. The first-order valence-electron chi connectivity index (χ1n) is 15.9. The van der Waals surface area contributed by atoms with Crippen LogP contribution in [-0.4, -0.2) is 80.8 Å². The number of carboxylic acids is 2. The first-order chi connectivity index (χ1) is 24.1. The second-order valence-electron chi connectivity index (χ2n) is 11.8. The number of anilines is 2. The molecule has 2 aliphatic rings. The Hall–Kier alpha value is -6.44. The molecule has 2 aromatic carbocycles. The number of aliphatic carboxylic acids is 2. The van der Waals surface area contributed by atoms with Gasteiger partial charge < -0.3 is 31.5 Å². The quantitative estimate of drug-likeness (QED) is 0.152. The van der Waals surface area contributed by atoms with Crippen molar-refractivity contribution in [2.24, 2.45) is 9.98 Å². The Labute approximate surface area is 286 Å². The van der Waals surface area contributed by atoms with Gasteiger partial charge in [0, 0.05) is 48.0 Å². The van der Waals surface area contributed by atoms with Gasteiger partial charge in [-0.2, -0.15) is 0 Å². The molecule has 2 atom stereocenters. The van der Waals surface area contributed by atoms with Crippen molar-refractivity contribution < 1.29 is 29.4 Å². The maximum atomic E-state index is 13.2. The zero-order valence-electron chi connectivity index (χ0n) is 27.2. The lowest BCUT2D eigenvalue weighted by Gasteiger charge is -2.21. The average Bonchev–Trinajstić information content (AvgIpc) is 3.13. The van der Waals surface area contributed by atoms with Gasteiger partial charge in [0.25, 0.3) is 11.8 Å². The van der Waals surface area contributed by atoms with Crippen LogP contribution in [0.2, 0.25) is 0 Å². The van der Waals surface area contributed by atoms with Gasteiger partial charge in [0.1, 0.15) is 35.1 Å². The number of carbonyl (C=O) groups excluding carboxylic acids is 2. The number of amidine groups is 2. The van der Waals surface area contributed by atoms with Crippen molar-refractivity contribution in [1.82, 2.24) is 20.6 Å². The van der Waals surface area contributed by atoms with Gasteiger partial charge in [0.2, 0.25) is 0 Å². The monoisotopic (exact) mass is 674 g/mol. The molecule has 0 saturated heterocycles. The van der Waals surface area contributed by atoms with Crippen molar-refractivity contribution in [1.29, 1.82) is 0 Å². The molecule has 0 saturated carbocycles. The minimum atomic E-state index is -0.950. The van der Waals surface area contributed by atoms with Crippen LogP contribution in [0.25, 0.3) is 11.1 Å². The number of nitrogens with zero attached hydrogens (tertiary/aromatic N) is 4. The van der Waals surface area contributed by atoms with Gasteiger partial charge in [-0.3, -0.25) is 29.5 Å². The summed E-state index contributed by atoms with van der Waals surface area (Å²) in [4.78, 5) is 66.4. The second kappa shape index (κ2) is 14.4. The van der Waals surface area contributed by atoms with E-state index in [1.165, 1.54) is 12.4 Å². The molecule has 2 amide bonds. The van der Waals surface area contributed by atoms with Crippen LogP contribution >= 0.6 is 0 Å². The molecule has 0 fully saturated rings. The highest BCUT2D eigenvalue weighted by Crippen LogP contribution is 2.34. The maximum Gasteiger partial charge on any atom is 0.326 e. The van der Waals surface area contributed by atoms with Gasteiger partial charge >= 0.3 is 11.9 Å². The summed E-state index contributed by atoms with van der Waals surface area (Å²) >= 11 is 0. The summed E-state index contributed by atoms with van der Waals surface area (Å²) in [5.74, 6) is -1.88.